The largest absolute Gasteiger partial charge is 1.00 e. The Balaban J connectivity index is 0.00000112. The SMILES string of the molecule is FC(F)(F)Oc1cccc(C2[CH-]C2)c1.[K+]. The zero-order chi connectivity index (χ0) is 10.2. The molecular formula is C10H8F3KO. The topological polar surface area (TPSA) is 9.23 Å². The van der Waals surface area contributed by atoms with E-state index in [-0.39, 0.29) is 57.1 Å². The van der Waals surface area contributed by atoms with Crippen LogP contribution in [0.15, 0.2) is 24.3 Å². The molecule has 0 bridgehead atoms. The summed E-state index contributed by atoms with van der Waals surface area (Å²) in [5.41, 5.74) is 0.881. The van der Waals surface area contributed by atoms with Gasteiger partial charge in [-0.1, -0.05) is 17.7 Å². The maximum atomic E-state index is 11.9. The summed E-state index contributed by atoms with van der Waals surface area (Å²) in [4.78, 5) is 0. The van der Waals surface area contributed by atoms with Crippen molar-refractivity contribution in [3.8, 4) is 5.75 Å². The quantitative estimate of drug-likeness (QED) is 0.533. The first-order chi connectivity index (χ1) is 6.54. The third kappa shape index (κ3) is 4.44. The van der Waals surface area contributed by atoms with Crippen molar-refractivity contribution in [2.75, 3.05) is 0 Å². The Labute approximate surface area is 128 Å². The Morgan fingerprint density at radius 2 is 2.00 bits per heavy atom. The summed E-state index contributed by atoms with van der Waals surface area (Å²) in [6, 6.07) is 6.11. The summed E-state index contributed by atoms with van der Waals surface area (Å²) >= 11 is 0. The molecule has 1 fully saturated rings. The van der Waals surface area contributed by atoms with Crippen molar-refractivity contribution >= 4 is 0 Å². The van der Waals surface area contributed by atoms with Gasteiger partial charge in [-0.15, -0.1) is 13.2 Å². The van der Waals surface area contributed by atoms with Gasteiger partial charge in [0.1, 0.15) is 5.75 Å². The number of rotatable bonds is 2. The van der Waals surface area contributed by atoms with E-state index < -0.39 is 6.36 Å². The van der Waals surface area contributed by atoms with Crippen LogP contribution in [0, 0.1) is 6.42 Å². The van der Waals surface area contributed by atoms with Gasteiger partial charge in [0.2, 0.25) is 0 Å². The van der Waals surface area contributed by atoms with Crippen LogP contribution in [-0.2, 0) is 0 Å². The van der Waals surface area contributed by atoms with E-state index >= 15 is 0 Å². The van der Waals surface area contributed by atoms with Gasteiger partial charge in [0.05, 0.1) is 0 Å². The van der Waals surface area contributed by atoms with E-state index in [0.29, 0.717) is 5.92 Å². The molecule has 0 radical (unpaired) electrons. The molecule has 1 aromatic rings. The van der Waals surface area contributed by atoms with Crippen molar-refractivity contribution in [3.05, 3.63) is 36.2 Å². The maximum Gasteiger partial charge on any atom is 1.00 e. The molecule has 0 N–H and O–H groups in total. The van der Waals surface area contributed by atoms with E-state index in [1.165, 1.54) is 12.1 Å². The van der Waals surface area contributed by atoms with Gasteiger partial charge in [0.25, 0.3) is 0 Å². The summed E-state index contributed by atoms with van der Waals surface area (Å²) in [6.07, 6.45) is -1.63. The molecule has 0 heterocycles. The number of hydrogen-bond acceptors (Lipinski definition) is 1. The molecule has 0 aromatic heterocycles. The number of alkyl halides is 3. The Morgan fingerprint density at radius 1 is 1.33 bits per heavy atom. The first kappa shape index (κ1) is 13.5. The molecule has 1 nitrogen and oxygen atoms in total. The van der Waals surface area contributed by atoms with Crippen LogP contribution in [0.3, 0.4) is 0 Å². The zero-order valence-electron chi connectivity index (χ0n) is 8.21. The van der Waals surface area contributed by atoms with Gasteiger partial charge in [-0.25, -0.2) is 0 Å². The smallest absolute Gasteiger partial charge is 0.406 e. The van der Waals surface area contributed by atoms with Gasteiger partial charge in [-0.05, 0) is 12.1 Å². The second-order valence-electron chi connectivity index (χ2n) is 3.20. The van der Waals surface area contributed by atoms with Crippen LogP contribution in [0.5, 0.6) is 5.75 Å². The third-order valence-electron chi connectivity index (χ3n) is 1.99. The number of halogens is 3. The van der Waals surface area contributed by atoms with E-state index in [2.05, 4.69) is 4.74 Å². The molecule has 1 saturated carbocycles. The Hall–Kier alpha value is 0.446. The Kier molecular flexibility index (Phi) is 4.67. The average Bonchev–Trinajstić information content (AvgIpc) is 2.83. The van der Waals surface area contributed by atoms with Crippen LogP contribution >= 0.6 is 0 Å². The molecule has 0 spiro atoms. The van der Waals surface area contributed by atoms with Gasteiger partial charge in [0.15, 0.2) is 0 Å². The molecule has 1 aliphatic carbocycles. The molecule has 1 unspecified atom stereocenters. The molecule has 5 heteroatoms. The first-order valence-electron chi connectivity index (χ1n) is 4.24. The summed E-state index contributed by atoms with van der Waals surface area (Å²) < 4.78 is 39.4. The molecule has 1 aromatic carbocycles. The Bertz CT molecular complexity index is 334. The van der Waals surface area contributed by atoms with Gasteiger partial charge in [0, 0.05) is 0 Å². The van der Waals surface area contributed by atoms with Crippen LogP contribution in [0.1, 0.15) is 17.9 Å². The van der Waals surface area contributed by atoms with E-state index in [1.54, 1.807) is 12.1 Å². The molecular weight excluding hydrogens is 232 g/mol. The van der Waals surface area contributed by atoms with Crippen molar-refractivity contribution < 1.29 is 69.3 Å². The van der Waals surface area contributed by atoms with E-state index in [0.717, 1.165) is 12.0 Å². The van der Waals surface area contributed by atoms with Gasteiger partial charge < -0.3 is 11.2 Å². The standard InChI is InChI=1S/C10H8F3O.K/c11-10(12,13)14-9-3-1-2-8(6-9)7-4-5-7;/h1-4,6-7H,5H2;/q-1;+1. The summed E-state index contributed by atoms with van der Waals surface area (Å²) in [5, 5.41) is 0. The van der Waals surface area contributed by atoms with Crippen molar-refractivity contribution in [1.29, 1.82) is 0 Å². The van der Waals surface area contributed by atoms with Crippen LogP contribution in [0.25, 0.3) is 0 Å². The van der Waals surface area contributed by atoms with E-state index in [9.17, 15) is 13.2 Å². The summed E-state index contributed by atoms with van der Waals surface area (Å²) in [7, 11) is 0. The predicted molar refractivity (Wildman–Crippen MR) is 44.8 cm³/mol. The van der Waals surface area contributed by atoms with Gasteiger partial charge in [-0.3, -0.25) is 0 Å². The van der Waals surface area contributed by atoms with Crippen LogP contribution in [-0.4, -0.2) is 6.36 Å². The Morgan fingerprint density at radius 3 is 2.53 bits per heavy atom. The number of ether oxygens (including phenoxy) is 1. The van der Waals surface area contributed by atoms with Crippen LogP contribution < -0.4 is 56.1 Å². The molecule has 2 rings (SSSR count). The number of benzene rings is 1. The van der Waals surface area contributed by atoms with Gasteiger partial charge in [-0.2, -0.15) is 12.3 Å². The third-order valence-corrected chi connectivity index (χ3v) is 1.99. The monoisotopic (exact) mass is 240 g/mol. The second kappa shape index (κ2) is 5.18. The van der Waals surface area contributed by atoms with Crippen molar-refractivity contribution in [3.63, 3.8) is 0 Å². The fourth-order valence-electron chi connectivity index (χ4n) is 1.28. The van der Waals surface area contributed by atoms with E-state index in [1.807, 2.05) is 6.42 Å². The van der Waals surface area contributed by atoms with Crippen molar-refractivity contribution in [1.82, 2.24) is 0 Å². The molecule has 1 atom stereocenters. The number of hydrogen-bond donors (Lipinski definition) is 0. The molecule has 0 aliphatic heterocycles. The minimum absolute atomic E-state index is 0. The molecule has 1 aliphatic rings. The van der Waals surface area contributed by atoms with Crippen LogP contribution in [0.4, 0.5) is 13.2 Å². The van der Waals surface area contributed by atoms with Gasteiger partial charge >= 0.3 is 57.7 Å². The fourth-order valence-corrected chi connectivity index (χ4v) is 1.28. The maximum absolute atomic E-state index is 11.9. The van der Waals surface area contributed by atoms with Crippen LogP contribution in [0.2, 0.25) is 0 Å². The second-order valence-corrected chi connectivity index (χ2v) is 3.20. The fraction of sp³-hybridized carbons (Fsp3) is 0.300. The average molecular weight is 240 g/mol. The van der Waals surface area contributed by atoms with E-state index in [4.69, 9.17) is 0 Å². The molecule has 15 heavy (non-hydrogen) atoms. The summed E-state index contributed by atoms with van der Waals surface area (Å²) in [5.74, 6) is 0.169. The first-order valence-corrected chi connectivity index (χ1v) is 4.24. The van der Waals surface area contributed by atoms with Crippen molar-refractivity contribution in [2.45, 2.75) is 18.7 Å². The molecule has 76 valence electrons. The molecule has 0 saturated heterocycles. The normalized spacial score (nSPS) is 19.3. The zero-order valence-corrected chi connectivity index (χ0v) is 11.3. The summed E-state index contributed by atoms with van der Waals surface area (Å²) in [6.45, 7) is 0. The molecule has 0 amide bonds. The minimum atomic E-state index is -4.61. The van der Waals surface area contributed by atoms with Crippen molar-refractivity contribution in [2.24, 2.45) is 0 Å². The minimum Gasteiger partial charge on any atom is -0.406 e. The predicted octanol–water partition coefficient (Wildman–Crippen LogP) is 0.281.